The van der Waals surface area contributed by atoms with Crippen molar-refractivity contribution in [3.05, 3.63) is 29.8 Å². The van der Waals surface area contributed by atoms with Gasteiger partial charge in [-0.3, -0.25) is 0 Å². The van der Waals surface area contributed by atoms with Gasteiger partial charge in [-0.1, -0.05) is 25.5 Å². The van der Waals surface area contributed by atoms with Crippen LogP contribution < -0.4 is 10.5 Å². The van der Waals surface area contributed by atoms with E-state index in [2.05, 4.69) is 24.0 Å². The van der Waals surface area contributed by atoms with Crippen LogP contribution >= 0.6 is 0 Å². The smallest absolute Gasteiger partial charge is 0.118 e. The van der Waals surface area contributed by atoms with E-state index in [4.69, 9.17) is 10.5 Å². The second kappa shape index (κ2) is 6.92. The quantitative estimate of drug-likeness (QED) is 0.821. The number of rotatable bonds is 7. The Balaban J connectivity index is 1.87. The van der Waals surface area contributed by atoms with Crippen molar-refractivity contribution < 1.29 is 4.74 Å². The van der Waals surface area contributed by atoms with Gasteiger partial charge in [-0.2, -0.15) is 0 Å². The molecule has 0 saturated heterocycles. The molecular formula is C16H26N2O. The zero-order valence-corrected chi connectivity index (χ0v) is 12.1. The summed E-state index contributed by atoms with van der Waals surface area (Å²) >= 11 is 0. The van der Waals surface area contributed by atoms with Crippen molar-refractivity contribution in [2.24, 2.45) is 11.7 Å². The molecule has 1 saturated carbocycles. The van der Waals surface area contributed by atoms with Crippen LogP contribution in [0.4, 0.5) is 0 Å². The van der Waals surface area contributed by atoms with Gasteiger partial charge in [-0.05, 0) is 43.0 Å². The maximum absolute atomic E-state index is 6.32. The average molecular weight is 262 g/mol. The van der Waals surface area contributed by atoms with E-state index in [0.717, 1.165) is 24.8 Å². The third-order valence-electron chi connectivity index (χ3n) is 4.19. The lowest BCUT2D eigenvalue weighted by Crippen LogP contribution is -2.37. The van der Waals surface area contributed by atoms with Crippen LogP contribution in [0.5, 0.6) is 5.75 Å². The first-order valence-electron chi connectivity index (χ1n) is 7.34. The van der Waals surface area contributed by atoms with Gasteiger partial charge in [-0.25, -0.2) is 0 Å². The predicted octanol–water partition coefficient (Wildman–Crippen LogP) is 2.82. The molecule has 0 amide bonds. The van der Waals surface area contributed by atoms with Crippen molar-refractivity contribution in [3.8, 4) is 5.75 Å². The molecule has 1 fully saturated rings. The Morgan fingerprint density at radius 2 is 2.00 bits per heavy atom. The highest BCUT2D eigenvalue weighted by Crippen LogP contribution is 2.27. The van der Waals surface area contributed by atoms with Crippen LogP contribution in [0.3, 0.4) is 0 Å². The van der Waals surface area contributed by atoms with Gasteiger partial charge in [0.1, 0.15) is 5.75 Å². The number of methoxy groups -OCH3 is 1. The van der Waals surface area contributed by atoms with Gasteiger partial charge in [0, 0.05) is 19.1 Å². The first kappa shape index (κ1) is 14.4. The van der Waals surface area contributed by atoms with Crippen molar-refractivity contribution in [1.82, 2.24) is 4.90 Å². The van der Waals surface area contributed by atoms with Crippen LogP contribution in [0.1, 0.15) is 37.8 Å². The summed E-state index contributed by atoms with van der Waals surface area (Å²) in [6, 6.07) is 8.20. The van der Waals surface area contributed by atoms with Crippen LogP contribution in [0.2, 0.25) is 0 Å². The summed E-state index contributed by atoms with van der Waals surface area (Å²) in [4.78, 5) is 2.48. The molecule has 3 heteroatoms. The van der Waals surface area contributed by atoms with Gasteiger partial charge < -0.3 is 15.4 Å². The summed E-state index contributed by atoms with van der Waals surface area (Å²) in [7, 11) is 1.69. The molecule has 0 bridgehead atoms. The number of nitrogens with two attached hydrogens (primary N) is 1. The molecule has 1 atom stereocenters. The van der Waals surface area contributed by atoms with Gasteiger partial charge in [-0.15, -0.1) is 0 Å². The molecule has 1 aliphatic rings. The molecular weight excluding hydrogens is 236 g/mol. The molecule has 0 heterocycles. The summed E-state index contributed by atoms with van der Waals surface area (Å²) in [5.41, 5.74) is 7.50. The van der Waals surface area contributed by atoms with Gasteiger partial charge in [0.15, 0.2) is 0 Å². The number of hydrogen-bond donors (Lipinski definition) is 1. The Morgan fingerprint density at radius 1 is 1.32 bits per heavy atom. The van der Waals surface area contributed by atoms with Gasteiger partial charge >= 0.3 is 0 Å². The fraction of sp³-hybridized carbons (Fsp3) is 0.625. The summed E-state index contributed by atoms with van der Waals surface area (Å²) in [6.07, 6.45) is 4.20. The van der Waals surface area contributed by atoms with Crippen LogP contribution in [0.25, 0.3) is 0 Å². The van der Waals surface area contributed by atoms with E-state index in [-0.39, 0.29) is 6.04 Å². The molecule has 19 heavy (non-hydrogen) atoms. The van der Waals surface area contributed by atoms with Gasteiger partial charge in [0.25, 0.3) is 0 Å². The molecule has 1 aromatic carbocycles. The Labute approximate surface area is 116 Å². The Morgan fingerprint density at radius 3 is 2.47 bits per heavy atom. The van der Waals surface area contributed by atoms with E-state index in [1.165, 1.54) is 31.4 Å². The second-order valence-corrected chi connectivity index (χ2v) is 5.53. The van der Waals surface area contributed by atoms with E-state index >= 15 is 0 Å². The Hall–Kier alpha value is -1.06. The molecule has 1 aromatic rings. The molecule has 0 aromatic heterocycles. The molecule has 106 valence electrons. The molecule has 0 aliphatic heterocycles. The van der Waals surface area contributed by atoms with Crippen molar-refractivity contribution in [2.45, 2.75) is 32.2 Å². The summed E-state index contributed by atoms with van der Waals surface area (Å²) in [5.74, 6) is 1.79. The van der Waals surface area contributed by atoms with Crippen LogP contribution in [0.15, 0.2) is 24.3 Å². The zero-order chi connectivity index (χ0) is 13.7. The lowest BCUT2D eigenvalue weighted by Gasteiger charge is -2.33. The van der Waals surface area contributed by atoms with E-state index in [0.29, 0.717) is 0 Å². The molecule has 3 nitrogen and oxygen atoms in total. The third kappa shape index (κ3) is 3.95. The fourth-order valence-corrected chi connectivity index (χ4v) is 2.61. The fourth-order valence-electron chi connectivity index (χ4n) is 2.61. The molecule has 1 unspecified atom stereocenters. The van der Waals surface area contributed by atoms with E-state index in [1.807, 2.05) is 12.1 Å². The second-order valence-electron chi connectivity index (χ2n) is 5.53. The number of hydrogen-bond acceptors (Lipinski definition) is 3. The average Bonchev–Trinajstić information content (AvgIpc) is 2.41. The third-order valence-corrected chi connectivity index (χ3v) is 4.19. The summed E-state index contributed by atoms with van der Waals surface area (Å²) in [5, 5.41) is 0. The number of nitrogens with zero attached hydrogens (tertiary/aromatic N) is 1. The largest absolute Gasteiger partial charge is 0.497 e. The van der Waals surface area contributed by atoms with Crippen molar-refractivity contribution in [1.29, 1.82) is 0 Å². The maximum Gasteiger partial charge on any atom is 0.118 e. The monoisotopic (exact) mass is 262 g/mol. The van der Waals surface area contributed by atoms with Gasteiger partial charge in [0.2, 0.25) is 0 Å². The number of ether oxygens (including phenoxy) is 1. The normalized spacial score (nSPS) is 17.3. The lowest BCUT2D eigenvalue weighted by molar-refractivity contribution is 0.176. The molecule has 2 N–H and O–H groups in total. The first-order valence-corrected chi connectivity index (χ1v) is 7.34. The van der Waals surface area contributed by atoms with E-state index < -0.39 is 0 Å². The standard InChI is InChI=1S/C16H26N2O/c1-3-18(11-13-5-4-6-13)12-16(17)14-7-9-15(19-2)10-8-14/h7-10,13,16H,3-6,11-12,17H2,1-2H3. The molecule has 2 rings (SSSR count). The van der Waals surface area contributed by atoms with Crippen LogP contribution in [0, 0.1) is 5.92 Å². The topological polar surface area (TPSA) is 38.5 Å². The first-order chi connectivity index (χ1) is 9.22. The van der Waals surface area contributed by atoms with Crippen molar-refractivity contribution >= 4 is 0 Å². The summed E-state index contributed by atoms with van der Waals surface area (Å²) < 4.78 is 5.17. The van der Waals surface area contributed by atoms with Gasteiger partial charge in [0.05, 0.1) is 7.11 Å². The minimum absolute atomic E-state index is 0.0888. The highest BCUT2D eigenvalue weighted by atomic mass is 16.5. The van der Waals surface area contributed by atoms with E-state index in [1.54, 1.807) is 7.11 Å². The maximum atomic E-state index is 6.32. The van der Waals surface area contributed by atoms with Crippen molar-refractivity contribution in [3.63, 3.8) is 0 Å². The number of likely N-dealkylation sites (N-methyl/N-ethyl adjacent to an activating group) is 1. The zero-order valence-electron chi connectivity index (χ0n) is 12.1. The summed E-state index contributed by atoms with van der Waals surface area (Å²) in [6.45, 7) is 5.46. The van der Waals surface area contributed by atoms with Crippen LogP contribution in [-0.2, 0) is 0 Å². The predicted molar refractivity (Wildman–Crippen MR) is 79.4 cm³/mol. The minimum Gasteiger partial charge on any atom is -0.497 e. The molecule has 1 aliphatic carbocycles. The SMILES string of the molecule is CCN(CC1CCC1)CC(N)c1ccc(OC)cc1. The highest BCUT2D eigenvalue weighted by Gasteiger charge is 2.21. The minimum atomic E-state index is 0.0888. The van der Waals surface area contributed by atoms with Crippen molar-refractivity contribution in [2.75, 3.05) is 26.7 Å². The molecule has 0 spiro atoms. The van der Waals surface area contributed by atoms with E-state index in [9.17, 15) is 0 Å². The highest BCUT2D eigenvalue weighted by molar-refractivity contribution is 5.29. The Bertz CT molecular complexity index is 373. The number of benzene rings is 1. The Kier molecular flexibility index (Phi) is 5.23. The molecule has 0 radical (unpaired) electrons. The lowest BCUT2D eigenvalue weighted by atomic mass is 9.85. The van der Waals surface area contributed by atoms with Crippen LogP contribution in [-0.4, -0.2) is 31.6 Å².